The zero-order valence-corrected chi connectivity index (χ0v) is 13.7. The number of amides is 1. The van der Waals surface area contributed by atoms with Crippen molar-refractivity contribution in [1.82, 2.24) is 4.90 Å². The van der Waals surface area contributed by atoms with Gasteiger partial charge in [0.25, 0.3) is 0 Å². The van der Waals surface area contributed by atoms with Gasteiger partial charge in [-0.25, -0.2) is 0 Å². The second-order valence-corrected chi connectivity index (χ2v) is 6.33. The Morgan fingerprint density at radius 3 is 2.50 bits per heavy atom. The molecule has 0 unspecified atom stereocenters. The van der Waals surface area contributed by atoms with Gasteiger partial charge in [0.1, 0.15) is 6.10 Å². The molecule has 0 bridgehead atoms. The van der Waals surface area contributed by atoms with Gasteiger partial charge in [0.2, 0.25) is 5.91 Å². The summed E-state index contributed by atoms with van der Waals surface area (Å²) in [7, 11) is 0. The number of morpholine rings is 1. The first-order valence-corrected chi connectivity index (χ1v) is 7.93. The monoisotopic (exact) mass is 345 g/mol. The highest BCUT2D eigenvalue weighted by Crippen LogP contribution is 2.31. The first-order valence-electron chi connectivity index (χ1n) is 7.93. The number of benzene rings is 1. The number of nitrogens with zero attached hydrogens (tertiary/aromatic N) is 1. The molecule has 1 N–H and O–H groups in total. The summed E-state index contributed by atoms with van der Waals surface area (Å²) in [5.41, 5.74) is -0.111. The van der Waals surface area contributed by atoms with E-state index in [0.717, 1.165) is 12.1 Å². The Hall–Kier alpha value is -1.60. The van der Waals surface area contributed by atoms with Gasteiger partial charge in [-0.1, -0.05) is 26.0 Å². The smallest absolute Gasteiger partial charge is 0.392 e. The lowest BCUT2D eigenvalue weighted by Crippen LogP contribution is -2.43. The average molecular weight is 345 g/mol. The van der Waals surface area contributed by atoms with Crippen LogP contribution in [0.2, 0.25) is 0 Å². The molecule has 1 heterocycles. The van der Waals surface area contributed by atoms with Crippen molar-refractivity contribution in [3.8, 4) is 0 Å². The van der Waals surface area contributed by atoms with Gasteiger partial charge in [-0.2, -0.15) is 13.2 Å². The molecule has 1 aliphatic rings. The molecule has 1 aliphatic heterocycles. The lowest BCUT2D eigenvalue weighted by molar-refractivity contribution is -0.141. The van der Waals surface area contributed by atoms with Crippen molar-refractivity contribution in [2.24, 2.45) is 5.92 Å². The van der Waals surface area contributed by atoms with Crippen LogP contribution in [0.4, 0.5) is 13.2 Å². The third kappa shape index (κ3) is 4.70. The van der Waals surface area contributed by atoms with Crippen LogP contribution in [-0.4, -0.2) is 41.7 Å². The van der Waals surface area contributed by atoms with Crippen molar-refractivity contribution < 1.29 is 27.8 Å². The summed E-state index contributed by atoms with van der Waals surface area (Å²) in [6.45, 7) is 4.68. The van der Waals surface area contributed by atoms with E-state index in [9.17, 15) is 23.1 Å². The van der Waals surface area contributed by atoms with E-state index < -0.39 is 23.9 Å². The van der Waals surface area contributed by atoms with E-state index >= 15 is 0 Å². The van der Waals surface area contributed by atoms with Gasteiger partial charge < -0.3 is 14.7 Å². The van der Waals surface area contributed by atoms with Crippen molar-refractivity contribution in [2.45, 2.75) is 38.7 Å². The van der Waals surface area contributed by atoms with Gasteiger partial charge in [0.15, 0.2) is 0 Å². The molecule has 0 radical (unpaired) electrons. The number of halogens is 3. The van der Waals surface area contributed by atoms with Crippen LogP contribution in [0.25, 0.3) is 0 Å². The predicted molar refractivity (Wildman–Crippen MR) is 82.2 cm³/mol. The first kappa shape index (κ1) is 18.7. The van der Waals surface area contributed by atoms with Crippen LogP contribution >= 0.6 is 0 Å². The van der Waals surface area contributed by atoms with Crippen molar-refractivity contribution in [3.05, 3.63) is 35.4 Å². The van der Waals surface area contributed by atoms with E-state index in [1.165, 1.54) is 12.1 Å². The van der Waals surface area contributed by atoms with Crippen LogP contribution in [0.15, 0.2) is 24.3 Å². The Labute approximate surface area is 139 Å². The number of rotatable bonds is 4. The number of aliphatic hydroxyl groups is 1. The van der Waals surface area contributed by atoms with Crippen LogP contribution < -0.4 is 0 Å². The summed E-state index contributed by atoms with van der Waals surface area (Å²) >= 11 is 0. The Morgan fingerprint density at radius 2 is 1.96 bits per heavy atom. The number of hydrogen-bond acceptors (Lipinski definition) is 3. The summed E-state index contributed by atoms with van der Waals surface area (Å²) in [5.74, 6) is -0.183. The average Bonchev–Trinajstić information content (AvgIpc) is 2.54. The molecule has 1 saturated heterocycles. The van der Waals surface area contributed by atoms with Crippen molar-refractivity contribution in [2.75, 3.05) is 19.7 Å². The fourth-order valence-corrected chi connectivity index (χ4v) is 2.51. The summed E-state index contributed by atoms with van der Waals surface area (Å²) in [4.78, 5) is 13.8. The molecule has 134 valence electrons. The Bertz CT molecular complexity index is 557. The standard InChI is InChI=1S/C17H22F3NO3/c1-11(2)14(22)9-16(23)21-7-8-24-15(10-21)12-3-5-13(6-4-12)17(18,19)20/h3-6,11,14-15,22H,7-10H2,1-2H3/t14-,15+/m0/s1. The highest BCUT2D eigenvalue weighted by molar-refractivity contribution is 5.76. The molecule has 2 atom stereocenters. The van der Waals surface area contributed by atoms with Crippen LogP contribution in [0.5, 0.6) is 0 Å². The zero-order chi connectivity index (χ0) is 17.9. The van der Waals surface area contributed by atoms with Gasteiger partial charge in [-0.15, -0.1) is 0 Å². The lowest BCUT2D eigenvalue weighted by Gasteiger charge is -2.34. The van der Waals surface area contributed by atoms with E-state index in [1.807, 2.05) is 13.8 Å². The van der Waals surface area contributed by atoms with Crippen LogP contribution in [0.3, 0.4) is 0 Å². The molecule has 0 saturated carbocycles. The molecule has 24 heavy (non-hydrogen) atoms. The molecule has 0 aliphatic carbocycles. The molecular weight excluding hydrogens is 323 g/mol. The third-order valence-corrected chi connectivity index (χ3v) is 4.18. The van der Waals surface area contributed by atoms with E-state index in [1.54, 1.807) is 4.90 Å². The molecular formula is C17H22F3NO3. The van der Waals surface area contributed by atoms with Crippen molar-refractivity contribution in [1.29, 1.82) is 0 Å². The molecule has 7 heteroatoms. The predicted octanol–water partition coefficient (Wildman–Crippen LogP) is 3.01. The summed E-state index contributed by atoms with van der Waals surface area (Å²) < 4.78 is 43.4. The quantitative estimate of drug-likeness (QED) is 0.913. The van der Waals surface area contributed by atoms with Crippen LogP contribution in [-0.2, 0) is 15.7 Å². The first-order chi connectivity index (χ1) is 11.2. The molecule has 0 spiro atoms. The number of carbonyl (C=O) groups excluding carboxylic acids is 1. The minimum Gasteiger partial charge on any atom is -0.392 e. The number of aliphatic hydroxyl groups excluding tert-OH is 1. The number of carbonyl (C=O) groups is 1. The fraction of sp³-hybridized carbons (Fsp3) is 0.588. The minimum absolute atomic E-state index is 0.0132. The Kier molecular flexibility index (Phi) is 5.87. The SMILES string of the molecule is CC(C)[C@@H](O)CC(=O)N1CCO[C@@H](c2ccc(C(F)(F)F)cc2)C1. The minimum atomic E-state index is -4.37. The van der Waals surface area contributed by atoms with E-state index in [-0.39, 0.29) is 24.8 Å². The zero-order valence-electron chi connectivity index (χ0n) is 13.7. The molecule has 0 aromatic heterocycles. The number of hydrogen-bond donors (Lipinski definition) is 1. The Balaban J connectivity index is 2.01. The number of ether oxygens (including phenoxy) is 1. The van der Waals surface area contributed by atoms with Gasteiger partial charge in [0.05, 0.1) is 31.2 Å². The third-order valence-electron chi connectivity index (χ3n) is 4.18. The number of alkyl halides is 3. The van der Waals surface area contributed by atoms with E-state index in [0.29, 0.717) is 18.7 Å². The molecule has 1 aromatic carbocycles. The van der Waals surface area contributed by atoms with Gasteiger partial charge in [0, 0.05) is 6.54 Å². The molecule has 1 aromatic rings. The summed E-state index contributed by atoms with van der Waals surface area (Å²) in [6, 6.07) is 4.79. The lowest BCUT2D eigenvalue weighted by atomic mass is 10.0. The Morgan fingerprint density at radius 1 is 1.33 bits per heavy atom. The second kappa shape index (κ2) is 7.53. The highest BCUT2D eigenvalue weighted by atomic mass is 19.4. The van der Waals surface area contributed by atoms with Gasteiger partial charge in [-0.05, 0) is 23.6 Å². The maximum absolute atomic E-state index is 12.6. The van der Waals surface area contributed by atoms with Crippen LogP contribution in [0, 0.1) is 5.92 Å². The van der Waals surface area contributed by atoms with E-state index in [2.05, 4.69) is 0 Å². The van der Waals surface area contributed by atoms with E-state index in [4.69, 9.17) is 4.74 Å². The topological polar surface area (TPSA) is 49.8 Å². The largest absolute Gasteiger partial charge is 0.416 e. The highest BCUT2D eigenvalue weighted by Gasteiger charge is 2.31. The normalized spacial score (nSPS) is 20.3. The molecule has 4 nitrogen and oxygen atoms in total. The van der Waals surface area contributed by atoms with Crippen molar-refractivity contribution >= 4 is 5.91 Å². The molecule has 1 amide bonds. The fourth-order valence-electron chi connectivity index (χ4n) is 2.51. The summed E-state index contributed by atoms with van der Waals surface area (Å²) in [5, 5.41) is 9.83. The van der Waals surface area contributed by atoms with Gasteiger partial charge >= 0.3 is 6.18 Å². The maximum Gasteiger partial charge on any atom is 0.416 e. The maximum atomic E-state index is 12.6. The van der Waals surface area contributed by atoms with Gasteiger partial charge in [-0.3, -0.25) is 4.79 Å². The second-order valence-electron chi connectivity index (χ2n) is 6.33. The van der Waals surface area contributed by atoms with Crippen LogP contribution in [0.1, 0.15) is 37.5 Å². The molecule has 1 fully saturated rings. The molecule has 2 rings (SSSR count). The van der Waals surface area contributed by atoms with Crippen molar-refractivity contribution in [3.63, 3.8) is 0 Å². The summed E-state index contributed by atoms with van der Waals surface area (Å²) in [6.07, 6.45) is -5.50.